The number of aromatic nitrogens is 2. The van der Waals surface area contributed by atoms with E-state index < -0.39 is 11.7 Å². The first-order valence-corrected chi connectivity index (χ1v) is 4.62. The molecule has 0 saturated carbocycles. The Balaban J connectivity index is 2.70. The number of anilines is 1. The first-order valence-electron chi connectivity index (χ1n) is 4.62. The molecule has 0 saturated heterocycles. The van der Waals surface area contributed by atoms with Crippen molar-refractivity contribution in [2.75, 3.05) is 5.73 Å². The largest absolute Gasteiger partial charge is 0.416 e. The van der Waals surface area contributed by atoms with Crippen molar-refractivity contribution < 1.29 is 13.2 Å². The van der Waals surface area contributed by atoms with Gasteiger partial charge in [-0.1, -0.05) is 0 Å². The lowest BCUT2D eigenvalue weighted by atomic mass is 10.1. The van der Waals surface area contributed by atoms with Crippen LogP contribution in [0.4, 0.5) is 18.9 Å². The van der Waals surface area contributed by atoms with E-state index >= 15 is 0 Å². The normalized spacial score (nSPS) is 11.6. The third-order valence-electron chi connectivity index (χ3n) is 2.34. The molecule has 2 N–H and O–H groups in total. The summed E-state index contributed by atoms with van der Waals surface area (Å²) in [5.74, 6) is 0. The fourth-order valence-electron chi connectivity index (χ4n) is 1.56. The summed E-state index contributed by atoms with van der Waals surface area (Å²) in [4.78, 5) is 0. The van der Waals surface area contributed by atoms with Crippen LogP contribution >= 0.6 is 0 Å². The Morgan fingerprint density at radius 3 is 2.71 bits per heavy atom. The molecule has 17 heavy (non-hydrogen) atoms. The quantitative estimate of drug-likeness (QED) is 0.776. The SMILES string of the molecule is N#CCn1ncc2c(N)cc(C(F)(F)F)cc21. The minimum atomic E-state index is -4.47. The number of nitrogen functional groups attached to an aromatic ring is 1. The van der Waals surface area contributed by atoms with Crippen LogP contribution in [0.15, 0.2) is 18.3 Å². The van der Waals surface area contributed by atoms with E-state index in [1.54, 1.807) is 0 Å². The van der Waals surface area contributed by atoms with E-state index in [-0.39, 0.29) is 17.7 Å². The summed E-state index contributed by atoms with van der Waals surface area (Å²) in [6, 6.07) is 3.62. The molecule has 2 aromatic rings. The first-order chi connectivity index (χ1) is 7.93. The molecule has 0 radical (unpaired) electrons. The number of nitrogens with two attached hydrogens (primary N) is 1. The number of halogens is 3. The Morgan fingerprint density at radius 2 is 2.12 bits per heavy atom. The van der Waals surface area contributed by atoms with Crippen LogP contribution in [-0.4, -0.2) is 9.78 Å². The van der Waals surface area contributed by atoms with Crippen LogP contribution in [0.25, 0.3) is 10.9 Å². The Bertz CT molecular complexity index is 606. The average molecular weight is 240 g/mol. The molecule has 1 heterocycles. The summed E-state index contributed by atoms with van der Waals surface area (Å²) >= 11 is 0. The van der Waals surface area contributed by atoms with Gasteiger partial charge < -0.3 is 5.73 Å². The molecule has 0 aliphatic carbocycles. The maximum Gasteiger partial charge on any atom is 0.416 e. The summed E-state index contributed by atoms with van der Waals surface area (Å²) in [6.45, 7) is -0.121. The smallest absolute Gasteiger partial charge is 0.398 e. The van der Waals surface area contributed by atoms with Gasteiger partial charge >= 0.3 is 6.18 Å². The number of benzene rings is 1. The molecule has 4 nitrogen and oxygen atoms in total. The van der Waals surface area contributed by atoms with Gasteiger partial charge in [0.25, 0.3) is 0 Å². The van der Waals surface area contributed by atoms with E-state index in [1.165, 1.54) is 10.9 Å². The molecule has 0 bridgehead atoms. The molecule has 1 aromatic carbocycles. The molecule has 88 valence electrons. The second-order valence-electron chi connectivity index (χ2n) is 3.46. The van der Waals surface area contributed by atoms with Crippen LogP contribution in [0.2, 0.25) is 0 Å². The lowest BCUT2D eigenvalue weighted by Crippen LogP contribution is -2.07. The lowest BCUT2D eigenvalue weighted by Gasteiger charge is -2.08. The number of nitrogens with zero attached hydrogens (tertiary/aromatic N) is 3. The second kappa shape index (κ2) is 3.66. The standard InChI is InChI=1S/C10H7F3N4/c11-10(12,13)6-3-8(15)7-5-16-17(2-1-14)9(7)4-6/h3-5H,2,15H2. The van der Waals surface area contributed by atoms with Gasteiger partial charge in [0.05, 0.1) is 23.3 Å². The van der Waals surface area contributed by atoms with E-state index in [4.69, 9.17) is 11.0 Å². The van der Waals surface area contributed by atoms with Gasteiger partial charge in [-0.05, 0) is 12.1 Å². The molecule has 0 unspecified atom stereocenters. The summed E-state index contributed by atoms with van der Waals surface area (Å²) in [7, 11) is 0. The number of hydrogen-bond acceptors (Lipinski definition) is 3. The summed E-state index contributed by atoms with van der Waals surface area (Å²) in [6.07, 6.45) is -3.12. The van der Waals surface area contributed by atoms with Gasteiger partial charge in [-0.15, -0.1) is 0 Å². The van der Waals surface area contributed by atoms with Crippen molar-refractivity contribution in [1.82, 2.24) is 9.78 Å². The third-order valence-corrected chi connectivity index (χ3v) is 2.34. The topological polar surface area (TPSA) is 67.6 Å². The van der Waals surface area contributed by atoms with Crippen LogP contribution in [0, 0.1) is 11.3 Å². The average Bonchev–Trinajstić information content (AvgIpc) is 2.61. The van der Waals surface area contributed by atoms with E-state index in [0.29, 0.717) is 5.39 Å². The number of alkyl halides is 3. The zero-order valence-electron chi connectivity index (χ0n) is 8.49. The van der Waals surface area contributed by atoms with Crippen molar-refractivity contribution in [1.29, 1.82) is 5.26 Å². The van der Waals surface area contributed by atoms with E-state index in [0.717, 1.165) is 12.1 Å². The minimum absolute atomic E-state index is 0.000912. The monoisotopic (exact) mass is 240 g/mol. The molecule has 1 aromatic heterocycles. The summed E-state index contributed by atoms with van der Waals surface area (Å²) < 4.78 is 38.9. The molecule has 0 aliphatic rings. The highest BCUT2D eigenvalue weighted by Crippen LogP contribution is 2.34. The molecule has 0 fully saturated rings. The van der Waals surface area contributed by atoms with Gasteiger partial charge in [-0.3, -0.25) is 4.68 Å². The Labute approximate surface area is 94.0 Å². The molecule has 7 heteroatoms. The van der Waals surface area contributed by atoms with Gasteiger partial charge in [-0.2, -0.15) is 23.5 Å². The van der Waals surface area contributed by atoms with Crippen LogP contribution < -0.4 is 5.73 Å². The van der Waals surface area contributed by atoms with Crippen molar-refractivity contribution in [3.63, 3.8) is 0 Å². The van der Waals surface area contributed by atoms with Crippen LogP contribution in [0.3, 0.4) is 0 Å². The van der Waals surface area contributed by atoms with Gasteiger partial charge in [-0.25, -0.2) is 0 Å². The fraction of sp³-hybridized carbons (Fsp3) is 0.200. The summed E-state index contributed by atoms with van der Waals surface area (Å²) in [5.41, 5.74) is 4.89. The second-order valence-corrected chi connectivity index (χ2v) is 3.46. The minimum Gasteiger partial charge on any atom is -0.398 e. The predicted octanol–water partition coefficient (Wildman–Crippen LogP) is 2.16. The van der Waals surface area contributed by atoms with E-state index in [1.807, 2.05) is 6.07 Å². The van der Waals surface area contributed by atoms with Crippen LogP contribution in [0.1, 0.15) is 5.56 Å². The van der Waals surface area contributed by atoms with Crippen molar-refractivity contribution >= 4 is 16.6 Å². The highest BCUT2D eigenvalue weighted by atomic mass is 19.4. The van der Waals surface area contributed by atoms with Gasteiger partial charge in [0.15, 0.2) is 0 Å². The molecular weight excluding hydrogens is 233 g/mol. The molecule has 0 spiro atoms. The van der Waals surface area contributed by atoms with Crippen molar-refractivity contribution in [2.45, 2.75) is 12.7 Å². The maximum atomic E-state index is 12.6. The van der Waals surface area contributed by atoms with Crippen molar-refractivity contribution in [3.8, 4) is 6.07 Å². The zero-order chi connectivity index (χ0) is 12.6. The van der Waals surface area contributed by atoms with E-state index in [2.05, 4.69) is 5.10 Å². The van der Waals surface area contributed by atoms with Crippen LogP contribution in [-0.2, 0) is 12.7 Å². The van der Waals surface area contributed by atoms with Crippen molar-refractivity contribution in [3.05, 3.63) is 23.9 Å². The lowest BCUT2D eigenvalue weighted by molar-refractivity contribution is -0.137. The Morgan fingerprint density at radius 1 is 1.41 bits per heavy atom. The number of rotatable bonds is 1. The highest BCUT2D eigenvalue weighted by molar-refractivity contribution is 5.91. The van der Waals surface area contributed by atoms with Gasteiger partial charge in [0.1, 0.15) is 6.54 Å². The zero-order valence-corrected chi connectivity index (χ0v) is 8.49. The number of fused-ring (bicyclic) bond motifs is 1. The molecule has 0 amide bonds. The Kier molecular flexibility index (Phi) is 2.42. The molecular formula is C10H7F3N4. The Hall–Kier alpha value is -2.23. The highest BCUT2D eigenvalue weighted by Gasteiger charge is 2.31. The number of hydrogen-bond donors (Lipinski definition) is 1. The molecule has 0 aliphatic heterocycles. The maximum absolute atomic E-state index is 12.6. The number of nitriles is 1. The third kappa shape index (κ3) is 1.89. The molecule has 2 rings (SSSR count). The van der Waals surface area contributed by atoms with Crippen molar-refractivity contribution in [2.24, 2.45) is 0 Å². The van der Waals surface area contributed by atoms with Gasteiger partial charge in [0.2, 0.25) is 0 Å². The van der Waals surface area contributed by atoms with E-state index in [9.17, 15) is 13.2 Å². The van der Waals surface area contributed by atoms with Crippen LogP contribution in [0.5, 0.6) is 0 Å². The predicted molar refractivity (Wildman–Crippen MR) is 54.8 cm³/mol. The molecule has 0 atom stereocenters. The fourth-order valence-corrected chi connectivity index (χ4v) is 1.56. The summed E-state index contributed by atoms with van der Waals surface area (Å²) in [5, 5.41) is 12.8. The van der Waals surface area contributed by atoms with Gasteiger partial charge in [0, 0.05) is 11.1 Å². The first kappa shape index (κ1) is 11.3.